The van der Waals surface area contributed by atoms with Crippen LogP contribution in [0.15, 0.2) is 0 Å². The van der Waals surface area contributed by atoms with Gasteiger partial charge in [0.05, 0.1) is 18.8 Å². The fraction of sp³-hybridized carbons (Fsp3) is 0.867. The number of hydrogen-bond donors (Lipinski definition) is 1. The molecule has 2 rings (SSSR count). The minimum absolute atomic E-state index is 0.0804. The van der Waals surface area contributed by atoms with E-state index in [1.165, 1.54) is 0 Å². The Balaban J connectivity index is 1.72. The number of carbonyl (C=O) groups is 2. The number of nitrogens with zero attached hydrogens (tertiary/aromatic N) is 3. The molecule has 1 N–H and O–H groups in total. The van der Waals surface area contributed by atoms with E-state index in [0.717, 1.165) is 19.7 Å². The van der Waals surface area contributed by atoms with Crippen molar-refractivity contribution in [2.75, 3.05) is 59.5 Å². The Morgan fingerprint density at radius 1 is 1.18 bits per heavy atom. The SMILES string of the molecule is CC(=O)N1CCN(C(=O)[C@@H](C)NC[C@H]2CN(C)CCO2)CC1. The van der Waals surface area contributed by atoms with Crippen LogP contribution in [0, 0.1) is 0 Å². The average molecular weight is 312 g/mol. The molecule has 0 unspecified atom stereocenters. The number of likely N-dealkylation sites (N-methyl/N-ethyl adjacent to an activating group) is 1. The van der Waals surface area contributed by atoms with Gasteiger partial charge in [0.1, 0.15) is 0 Å². The van der Waals surface area contributed by atoms with Gasteiger partial charge in [0.15, 0.2) is 0 Å². The lowest BCUT2D eigenvalue weighted by molar-refractivity contribution is -0.139. The van der Waals surface area contributed by atoms with Crippen molar-refractivity contribution in [2.45, 2.75) is 26.0 Å². The van der Waals surface area contributed by atoms with E-state index < -0.39 is 0 Å². The van der Waals surface area contributed by atoms with Crippen LogP contribution in [0.5, 0.6) is 0 Å². The number of ether oxygens (including phenoxy) is 1. The molecule has 0 aromatic heterocycles. The number of carbonyl (C=O) groups excluding carboxylic acids is 2. The van der Waals surface area contributed by atoms with E-state index in [9.17, 15) is 9.59 Å². The number of nitrogens with one attached hydrogen (secondary N) is 1. The summed E-state index contributed by atoms with van der Waals surface area (Å²) in [6.07, 6.45) is 0.142. The van der Waals surface area contributed by atoms with Crippen LogP contribution in [0.1, 0.15) is 13.8 Å². The standard InChI is InChI=1S/C15H28N4O3/c1-12(16-10-14-11-17(3)8-9-22-14)15(21)19-6-4-18(5-7-19)13(2)20/h12,14,16H,4-11H2,1-3H3/t12-,14+/m1/s1. The first-order valence-corrected chi connectivity index (χ1v) is 8.05. The number of rotatable bonds is 4. The van der Waals surface area contributed by atoms with Crippen LogP contribution in [-0.2, 0) is 14.3 Å². The van der Waals surface area contributed by atoms with E-state index >= 15 is 0 Å². The molecule has 2 aliphatic heterocycles. The Hall–Kier alpha value is -1.18. The van der Waals surface area contributed by atoms with E-state index in [-0.39, 0.29) is 24.0 Å². The highest BCUT2D eigenvalue weighted by Gasteiger charge is 2.26. The smallest absolute Gasteiger partial charge is 0.239 e. The molecule has 0 radical (unpaired) electrons. The highest BCUT2D eigenvalue weighted by atomic mass is 16.5. The Labute approximate surface area is 132 Å². The summed E-state index contributed by atoms with van der Waals surface area (Å²) in [4.78, 5) is 29.6. The summed E-state index contributed by atoms with van der Waals surface area (Å²) in [6, 6.07) is -0.222. The lowest BCUT2D eigenvalue weighted by atomic mass is 10.2. The third-order valence-electron chi connectivity index (χ3n) is 4.40. The zero-order valence-corrected chi connectivity index (χ0v) is 13.9. The van der Waals surface area contributed by atoms with Gasteiger partial charge in [0.2, 0.25) is 11.8 Å². The summed E-state index contributed by atoms with van der Waals surface area (Å²) in [5.74, 6) is 0.184. The van der Waals surface area contributed by atoms with Crippen molar-refractivity contribution < 1.29 is 14.3 Å². The molecule has 7 nitrogen and oxygen atoms in total. The van der Waals surface area contributed by atoms with Crippen LogP contribution >= 0.6 is 0 Å². The normalized spacial score (nSPS) is 25.1. The third kappa shape index (κ3) is 4.66. The Kier molecular flexibility index (Phi) is 6.16. The molecule has 2 atom stereocenters. The number of amides is 2. The van der Waals surface area contributed by atoms with Crippen molar-refractivity contribution >= 4 is 11.8 Å². The van der Waals surface area contributed by atoms with Crippen LogP contribution in [0.2, 0.25) is 0 Å². The number of hydrogen-bond acceptors (Lipinski definition) is 5. The lowest BCUT2D eigenvalue weighted by Gasteiger charge is -2.36. The molecule has 2 fully saturated rings. The minimum atomic E-state index is -0.222. The van der Waals surface area contributed by atoms with Gasteiger partial charge in [-0.3, -0.25) is 9.59 Å². The molecular weight excluding hydrogens is 284 g/mol. The summed E-state index contributed by atoms with van der Waals surface area (Å²) < 4.78 is 5.69. The Morgan fingerprint density at radius 2 is 1.82 bits per heavy atom. The summed E-state index contributed by atoms with van der Waals surface area (Å²) in [7, 11) is 2.08. The van der Waals surface area contributed by atoms with Gasteiger partial charge in [-0.25, -0.2) is 0 Å². The fourth-order valence-corrected chi connectivity index (χ4v) is 2.90. The number of morpholine rings is 1. The van der Waals surface area contributed by atoms with Crippen LogP contribution in [-0.4, -0.2) is 98.1 Å². The van der Waals surface area contributed by atoms with Gasteiger partial charge in [-0.1, -0.05) is 0 Å². The minimum Gasteiger partial charge on any atom is -0.374 e. The molecule has 126 valence electrons. The highest BCUT2D eigenvalue weighted by Crippen LogP contribution is 2.06. The van der Waals surface area contributed by atoms with E-state index in [2.05, 4.69) is 17.3 Å². The molecule has 0 aliphatic carbocycles. The van der Waals surface area contributed by atoms with Gasteiger partial charge >= 0.3 is 0 Å². The molecular formula is C15H28N4O3. The molecule has 0 aromatic rings. The van der Waals surface area contributed by atoms with E-state index in [1.54, 1.807) is 11.8 Å². The molecule has 22 heavy (non-hydrogen) atoms. The van der Waals surface area contributed by atoms with Crippen LogP contribution in [0.25, 0.3) is 0 Å². The molecule has 2 amide bonds. The van der Waals surface area contributed by atoms with Crippen LogP contribution < -0.4 is 5.32 Å². The average Bonchev–Trinajstić information content (AvgIpc) is 2.52. The van der Waals surface area contributed by atoms with E-state index in [0.29, 0.717) is 32.7 Å². The largest absolute Gasteiger partial charge is 0.374 e. The highest BCUT2D eigenvalue weighted by molar-refractivity contribution is 5.82. The number of piperazine rings is 1. The summed E-state index contributed by atoms with van der Waals surface area (Å²) in [5, 5.41) is 3.28. The molecule has 2 aliphatic rings. The van der Waals surface area contributed by atoms with Gasteiger partial charge < -0.3 is 24.8 Å². The van der Waals surface area contributed by atoms with E-state index in [4.69, 9.17) is 4.74 Å². The third-order valence-corrected chi connectivity index (χ3v) is 4.40. The predicted octanol–water partition coefficient (Wildman–Crippen LogP) is -1.01. The van der Waals surface area contributed by atoms with E-state index in [1.807, 2.05) is 11.8 Å². The zero-order chi connectivity index (χ0) is 16.1. The van der Waals surface area contributed by atoms with Gasteiger partial charge in [-0.15, -0.1) is 0 Å². The molecule has 0 saturated carbocycles. The predicted molar refractivity (Wildman–Crippen MR) is 83.5 cm³/mol. The molecule has 2 heterocycles. The second kappa shape index (κ2) is 7.89. The summed E-state index contributed by atoms with van der Waals surface area (Å²) >= 11 is 0. The van der Waals surface area contributed by atoms with Crippen LogP contribution in [0.3, 0.4) is 0 Å². The second-order valence-corrected chi connectivity index (χ2v) is 6.22. The van der Waals surface area contributed by atoms with Gasteiger partial charge in [0.25, 0.3) is 0 Å². The maximum atomic E-state index is 12.4. The summed E-state index contributed by atoms with van der Waals surface area (Å²) in [6.45, 7) is 9.25. The van der Waals surface area contributed by atoms with Crippen LogP contribution in [0.4, 0.5) is 0 Å². The summed E-state index contributed by atoms with van der Waals surface area (Å²) in [5.41, 5.74) is 0. The van der Waals surface area contributed by atoms with Crippen molar-refractivity contribution in [1.82, 2.24) is 20.0 Å². The maximum absolute atomic E-state index is 12.4. The second-order valence-electron chi connectivity index (χ2n) is 6.22. The topological polar surface area (TPSA) is 65.1 Å². The van der Waals surface area contributed by atoms with Crippen molar-refractivity contribution in [1.29, 1.82) is 0 Å². The van der Waals surface area contributed by atoms with Gasteiger partial charge in [0, 0.05) is 52.7 Å². The first-order valence-electron chi connectivity index (χ1n) is 8.05. The van der Waals surface area contributed by atoms with Crippen molar-refractivity contribution in [3.63, 3.8) is 0 Å². The lowest BCUT2D eigenvalue weighted by Crippen LogP contribution is -2.55. The first-order chi connectivity index (χ1) is 10.5. The zero-order valence-electron chi connectivity index (χ0n) is 13.9. The van der Waals surface area contributed by atoms with Gasteiger partial charge in [-0.05, 0) is 14.0 Å². The van der Waals surface area contributed by atoms with Crippen molar-refractivity contribution in [3.8, 4) is 0 Å². The maximum Gasteiger partial charge on any atom is 0.239 e. The van der Waals surface area contributed by atoms with Gasteiger partial charge in [-0.2, -0.15) is 0 Å². The van der Waals surface area contributed by atoms with Crippen molar-refractivity contribution in [3.05, 3.63) is 0 Å². The molecule has 0 spiro atoms. The first kappa shape index (κ1) is 17.2. The monoisotopic (exact) mass is 312 g/mol. The Bertz CT molecular complexity index is 396. The molecule has 0 bridgehead atoms. The molecule has 0 aromatic carbocycles. The molecule has 2 saturated heterocycles. The Morgan fingerprint density at radius 3 is 2.41 bits per heavy atom. The van der Waals surface area contributed by atoms with Crippen molar-refractivity contribution in [2.24, 2.45) is 0 Å². The quantitative estimate of drug-likeness (QED) is 0.720. The fourth-order valence-electron chi connectivity index (χ4n) is 2.90. The molecule has 7 heteroatoms.